The molecule has 0 unspecified atom stereocenters. The summed E-state index contributed by atoms with van der Waals surface area (Å²) in [4.78, 5) is 25.0. The minimum absolute atomic E-state index is 0.381. The van der Waals surface area contributed by atoms with Crippen LogP contribution in [0.2, 0.25) is 0 Å². The number of rotatable bonds is 6. The normalized spacial score (nSPS) is 11.5. The summed E-state index contributed by atoms with van der Waals surface area (Å²) < 4.78 is 7.42. The molecule has 0 bridgehead atoms. The van der Waals surface area contributed by atoms with Crippen molar-refractivity contribution in [2.75, 3.05) is 5.32 Å². The number of ether oxygens (including phenoxy) is 1. The number of hydrogen-bond donors (Lipinski definition) is 1. The van der Waals surface area contributed by atoms with Gasteiger partial charge in [0.1, 0.15) is 11.1 Å². The minimum atomic E-state index is -0.992. The third-order valence-corrected chi connectivity index (χ3v) is 5.48. The number of nitrogens with one attached hydrogen (secondary N) is 1. The Labute approximate surface area is 173 Å². The number of amides is 1. The molecule has 148 valence electrons. The number of benzene rings is 1. The summed E-state index contributed by atoms with van der Waals surface area (Å²) >= 11 is 1.25. The molecule has 2 heterocycles. The maximum absolute atomic E-state index is 12.7. The Morgan fingerprint density at radius 1 is 1.24 bits per heavy atom. The van der Waals surface area contributed by atoms with Gasteiger partial charge in [0.05, 0.1) is 11.1 Å². The van der Waals surface area contributed by atoms with Gasteiger partial charge in [-0.05, 0) is 43.8 Å². The molecule has 0 saturated heterocycles. The van der Waals surface area contributed by atoms with Crippen molar-refractivity contribution in [2.24, 2.45) is 0 Å². The third kappa shape index (κ3) is 4.55. The Balaban J connectivity index is 1.69. The molecule has 0 aliphatic heterocycles. The summed E-state index contributed by atoms with van der Waals surface area (Å²) in [5.74, 6) is -1.03. The molecule has 7 heteroatoms. The van der Waals surface area contributed by atoms with Gasteiger partial charge in [0.2, 0.25) is 0 Å². The molecule has 1 N–H and O–H groups in total. The van der Waals surface area contributed by atoms with Crippen molar-refractivity contribution in [3.63, 3.8) is 0 Å². The first-order chi connectivity index (χ1) is 13.9. The summed E-state index contributed by atoms with van der Waals surface area (Å²) in [6.45, 7) is 5.96. The molecule has 0 saturated carbocycles. The number of aryl methyl sites for hydroxylation is 1. The molecule has 0 aliphatic carbocycles. The van der Waals surface area contributed by atoms with Crippen molar-refractivity contribution in [3.05, 3.63) is 75.9 Å². The van der Waals surface area contributed by atoms with Gasteiger partial charge in [0.25, 0.3) is 5.91 Å². The van der Waals surface area contributed by atoms with E-state index in [0.29, 0.717) is 22.7 Å². The Bertz CT molecular complexity index is 1080. The number of nitrogens with zero attached hydrogens (tertiary/aromatic N) is 2. The van der Waals surface area contributed by atoms with Crippen molar-refractivity contribution in [2.45, 2.75) is 33.4 Å². The highest BCUT2D eigenvalue weighted by atomic mass is 32.1. The summed E-state index contributed by atoms with van der Waals surface area (Å²) in [7, 11) is 0. The fraction of sp³-hybridized carbons (Fsp3) is 0.227. The highest BCUT2D eigenvalue weighted by molar-refractivity contribution is 7.14. The van der Waals surface area contributed by atoms with Crippen LogP contribution in [0.25, 0.3) is 0 Å². The van der Waals surface area contributed by atoms with Crippen LogP contribution in [-0.2, 0) is 16.1 Å². The van der Waals surface area contributed by atoms with Gasteiger partial charge in [-0.1, -0.05) is 30.3 Å². The average molecular weight is 407 g/mol. The summed E-state index contributed by atoms with van der Waals surface area (Å²) in [5, 5.41) is 13.8. The Morgan fingerprint density at radius 3 is 2.66 bits per heavy atom. The predicted molar refractivity (Wildman–Crippen MR) is 112 cm³/mol. The molecule has 0 fully saturated rings. The lowest BCUT2D eigenvalue weighted by Crippen LogP contribution is -2.30. The van der Waals surface area contributed by atoms with Crippen LogP contribution in [-0.4, -0.2) is 22.5 Å². The Hall–Kier alpha value is -3.37. The number of anilines is 1. The number of carbonyl (C=O) groups is 2. The lowest BCUT2D eigenvalue weighted by molar-refractivity contribution is -0.123. The van der Waals surface area contributed by atoms with Gasteiger partial charge in [-0.2, -0.15) is 5.26 Å². The maximum Gasteiger partial charge on any atom is 0.340 e. The van der Waals surface area contributed by atoms with Crippen LogP contribution in [0.3, 0.4) is 0 Å². The Kier molecular flexibility index (Phi) is 6.15. The van der Waals surface area contributed by atoms with Crippen LogP contribution >= 0.6 is 11.3 Å². The Morgan fingerprint density at radius 2 is 1.97 bits per heavy atom. The fourth-order valence-corrected chi connectivity index (χ4v) is 3.74. The number of aromatic nitrogens is 1. The number of carbonyl (C=O) groups excluding carboxylic acids is 2. The van der Waals surface area contributed by atoms with Gasteiger partial charge in [-0.25, -0.2) is 4.79 Å². The van der Waals surface area contributed by atoms with E-state index in [2.05, 4.69) is 5.32 Å². The molecule has 1 aromatic carbocycles. The predicted octanol–water partition coefficient (Wildman–Crippen LogP) is 4.27. The van der Waals surface area contributed by atoms with Crippen molar-refractivity contribution in [1.82, 2.24) is 4.57 Å². The van der Waals surface area contributed by atoms with E-state index < -0.39 is 18.0 Å². The monoisotopic (exact) mass is 407 g/mol. The molecule has 3 aromatic rings. The molecule has 1 atom stereocenters. The highest BCUT2D eigenvalue weighted by Crippen LogP contribution is 2.23. The molecule has 2 aromatic heterocycles. The lowest BCUT2D eigenvalue weighted by Gasteiger charge is -2.13. The fourth-order valence-electron chi connectivity index (χ4n) is 3.00. The van der Waals surface area contributed by atoms with E-state index >= 15 is 0 Å². The molecule has 29 heavy (non-hydrogen) atoms. The smallest absolute Gasteiger partial charge is 0.340 e. The SMILES string of the molecule is Cc1cc(C(=O)O[C@H](C)C(=O)Nc2sccc2C#N)c(C)n1Cc1ccccc1. The zero-order valence-electron chi connectivity index (χ0n) is 16.4. The second-order valence-electron chi connectivity index (χ2n) is 6.67. The van der Waals surface area contributed by atoms with Gasteiger partial charge in [-0.3, -0.25) is 4.79 Å². The van der Waals surface area contributed by atoms with Crippen LogP contribution in [0.1, 0.15) is 39.8 Å². The van der Waals surface area contributed by atoms with Crippen molar-refractivity contribution >= 4 is 28.2 Å². The summed E-state index contributed by atoms with van der Waals surface area (Å²) in [5.41, 5.74) is 3.67. The van der Waals surface area contributed by atoms with Crippen LogP contribution in [0.5, 0.6) is 0 Å². The first-order valence-corrected chi connectivity index (χ1v) is 9.98. The van der Waals surface area contributed by atoms with Gasteiger partial charge in [-0.15, -0.1) is 11.3 Å². The molecule has 0 spiro atoms. The van der Waals surface area contributed by atoms with Gasteiger partial charge in [0, 0.05) is 17.9 Å². The molecular weight excluding hydrogens is 386 g/mol. The number of hydrogen-bond acceptors (Lipinski definition) is 5. The van der Waals surface area contributed by atoms with Gasteiger partial charge >= 0.3 is 5.97 Å². The van der Waals surface area contributed by atoms with Crippen molar-refractivity contribution < 1.29 is 14.3 Å². The minimum Gasteiger partial charge on any atom is -0.449 e. The van der Waals surface area contributed by atoms with Gasteiger partial charge in [0.15, 0.2) is 6.10 Å². The van der Waals surface area contributed by atoms with Crippen LogP contribution in [0.4, 0.5) is 5.00 Å². The molecule has 1 amide bonds. The van der Waals surface area contributed by atoms with E-state index in [9.17, 15) is 9.59 Å². The topological polar surface area (TPSA) is 84.1 Å². The van der Waals surface area contributed by atoms with Crippen LogP contribution in [0.15, 0.2) is 47.8 Å². The second kappa shape index (κ2) is 8.76. The number of nitriles is 1. The van der Waals surface area contributed by atoms with E-state index in [1.54, 1.807) is 17.5 Å². The zero-order chi connectivity index (χ0) is 21.0. The van der Waals surface area contributed by atoms with E-state index in [-0.39, 0.29) is 0 Å². The van der Waals surface area contributed by atoms with E-state index in [1.807, 2.05) is 54.8 Å². The third-order valence-electron chi connectivity index (χ3n) is 4.65. The first-order valence-electron chi connectivity index (χ1n) is 9.10. The number of thiophene rings is 1. The second-order valence-corrected chi connectivity index (χ2v) is 7.58. The molecular formula is C22H21N3O3S. The highest BCUT2D eigenvalue weighted by Gasteiger charge is 2.23. The molecule has 0 aliphatic rings. The van der Waals surface area contributed by atoms with Gasteiger partial charge < -0.3 is 14.6 Å². The molecule has 3 rings (SSSR count). The summed E-state index contributed by atoms with van der Waals surface area (Å²) in [6, 6.07) is 15.4. The van der Waals surface area contributed by atoms with E-state index in [0.717, 1.165) is 17.0 Å². The lowest BCUT2D eigenvalue weighted by atomic mass is 10.2. The van der Waals surface area contributed by atoms with E-state index in [4.69, 9.17) is 10.00 Å². The van der Waals surface area contributed by atoms with E-state index in [1.165, 1.54) is 18.3 Å². The average Bonchev–Trinajstić information content (AvgIpc) is 3.27. The zero-order valence-corrected chi connectivity index (χ0v) is 17.2. The van der Waals surface area contributed by atoms with Crippen LogP contribution in [0, 0.1) is 25.2 Å². The standard InChI is InChI=1S/C22H21N3O3S/c1-14-11-19(15(2)25(14)13-17-7-5-4-6-8-17)22(27)28-16(3)20(26)24-21-18(12-23)9-10-29-21/h4-11,16H,13H2,1-3H3,(H,24,26)/t16-/m1/s1. The largest absolute Gasteiger partial charge is 0.449 e. The first kappa shape index (κ1) is 20.4. The number of esters is 1. The molecule has 0 radical (unpaired) electrons. The quantitative estimate of drug-likeness (QED) is 0.619. The van der Waals surface area contributed by atoms with Crippen molar-refractivity contribution in [3.8, 4) is 6.07 Å². The van der Waals surface area contributed by atoms with Crippen LogP contribution < -0.4 is 5.32 Å². The van der Waals surface area contributed by atoms with Crippen molar-refractivity contribution in [1.29, 1.82) is 5.26 Å². The maximum atomic E-state index is 12.7. The summed E-state index contributed by atoms with van der Waals surface area (Å²) in [6.07, 6.45) is -0.992. The molecule has 6 nitrogen and oxygen atoms in total.